The van der Waals surface area contributed by atoms with Gasteiger partial charge < -0.3 is 10.6 Å². The first-order chi connectivity index (χ1) is 11.1. The van der Waals surface area contributed by atoms with Crippen molar-refractivity contribution in [3.8, 4) is 0 Å². The second-order valence-corrected chi connectivity index (χ2v) is 6.24. The van der Waals surface area contributed by atoms with Crippen molar-refractivity contribution in [2.24, 2.45) is 11.1 Å². The van der Waals surface area contributed by atoms with Crippen LogP contribution in [0.15, 0.2) is 36.5 Å². The molecule has 0 bridgehead atoms. The number of pyridine rings is 1. The number of nitrogens with two attached hydrogens (primary N) is 1. The van der Waals surface area contributed by atoms with Crippen LogP contribution in [0.25, 0.3) is 10.9 Å². The molecule has 3 rings (SSSR count). The summed E-state index contributed by atoms with van der Waals surface area (Å²) in [5, 5.41) is 0.937. The molecule has 0 aliphatic carbocycles. The number of piperidine rings is 1. The number of amides is 2. The quantitative estimate of drug-likeness (QED) is 0.945. The molecule has 2 heterocycles. The summed E-state index contributed by atoms with van der Waals surface area (Å²) in [6, 6.07) is 9.30. The van der Waals surface area contributed by atoms with Crippen LogP contribution in [0.3, 0.4) is 0 Å². The van der Waals surface area contributed by atoms with Gasteiger partial charge in [-0.25, -0.2) is 0 Å². The van der Waals surface area contributed by atoms with E-state index in [1.807, 2.05) is 31.2 Å². The number of carbonyl (C=O) groups excluding carboxylic acids is 2. The van der Waals surface area contributed by atoms with Crippen LogP contribution in [-0.4, -0.2) is 34.8 Å². The van der Waals surface area contributed by atoms with Crippen LogP contribution < -0.4 is 5.73 Å². The first-order valence-electron chi connectivity index (χ1n) is 8.00. The van der Waals surface area contributed by atoms with Crippen LogP contribution >= 0.6 is 0 Å². The minimum atomic E-state index is -0.591. The smallest absolute Gasteiger partial charge is 0.253 e. The largest absolute Gasteiger partial charge is 0.369 e. The molecule has 2 N–H and O–H groups in total. The van der Waals surface area contributed by atoms with E-state index >= 15 is 0 Å². The lowest BCUT2D eigenvalue weighted by Gasteiger charge is -2.40. The Morgan fingerprint density at radius 2 is 2.17 bits per heavy atom. The van der Waals surface area contributed by atoms with Crippen molar-refractivity contribution in [3.05, 3.63) is 42.1 Å². The topological polar surface area (TPSA) is 76.3 Å². The molecule has 0 spiro atoms. The zero-order valence-corrected chi connectivity index (χ0v) is 13.3. The molecule has 1 aliphatic heterocycles. The monoisotopic (exact) mass is 311 g/mol. The molecule has 1 aromatic carbocycles. The Hall–Kier alpha value is -2.43. The first kappa shape index (κ1) is 15.5. The summed E-state index contributed by atoms with van der Waals surface area (Å²) in [6.45, 7) is 3.03. The predicted molar refractivity (Wildman–Crippen MR) is 88.8 cm³/mol. The molecule has 1 aromatic heterocycles. The molecule has 0 radical (unpaired) electrons. The van der Waals surface area contributed by atoms with Gasteiger partial charge in [0, 0.05) is 30.2 Å². The number of nitrogens with zero attached hydrogens (tertiary/aromatic N) is 2. The van der Waals surface area contributed by atoms with Crippen LogP contribution in [0.1, 0.15) is 36.5 Å². The van der Waals surface area contributed by atoms with Gasteiger partial charge in [0.2, 0.25) is 5.91 Å². The van der Waals surface area contributed by atoms with Gasteiger partial charge in [-0.2, -0.15) is 0 Å². The van der Waals surface area contributed by atoms with E-state index in [0.29, 0.717) is 25.1 Å². The maximum Gasteiger partial charge on any atom is 0.253 e. The fourth-order valence-electron chi connectivity index (χ4n) is 3.36. The average molecular weight is 311 g/mol. The minimum absolute atomic E-state index is 0.0467. The normalized spacial score (nSPS) is 21.3. The summed E-state index contributed by atoms with van der Waals surface area (Å²) in [6.07, 6.45) is 3.95. The van der Waals surface area contributed by atoms with Crippen molar-refractivity contribution in [1.82, 2.24) is 9.88 Å². The zero-order valence-electron chi connectivity index (χ0n) is 13.3. The fourth-order valence-corrected chi connectivity index (χ4v) is 3.36. The molecule has 1 fully saturated rings. The third kappa shape index (κ3) is 2.79. The number of hydrogen-bond donors (Lipinski definition) is 1. The van der Waals surface area contributed by atoms with Gasteiger partial charge in [0.1, 0.15) is 0 Å². The highest BCUT2D eigenvalue weighted by atomic mass is 16.2. The third-order valence-corrected chi connectivity index (χ3v) is 4.91. The molecule has 1 aliphatic rings. The number of benzene rings is 1. The van der Waals surface area contributed by atoms with E-state index in [2.05, 4.69) is 4.98 Å². The first-order valence-corrected chi connectivity index (χ1v) is 8.00. The lowest BCUT2D eigenvalue weighted by molar-refractivity contribution is -0.130. The Bertz CT molecular complexity index is 759. The number of likely N-dealkylation sites (tertiary alicyclic amines) is 1. The molecule has 2 aromatic rings. The highest BCUT2D eigenvalue weighted by Gasteiger charge is 2.40. The summed E-state index contributed by atoms with van der Waals surface area (Å²) < 4.78 is 0. The summed E-state index contributed by atoms with van der Waals surface area (Å²) >= 11 is 0. The van der Waals surface area contributed by atoms with E-state index in [1.165, 1.54) is 0 Å². The van der Waals surface area contributed by atoms with Crippen molar-refractivity contribution in [1.29, 1.82) is 0 Å². The number of carbonyl (C=O) groups is 2. The highest BCUT2D eigenvalue weighted by molar-refractivity contribution is 5.98. The molecule has 5 nitrogen and oxygen atoms in total. The molecule has 23 heavy (non-hydrogen) atoms. The van der Waals surface area contributed by atoms with Gasteiger partial charge >= 0.3 is 0 Å². The van der Waals surface area contributed by atoms with E-state index < -0.39 is 5.41 Å². The molecular formula is C18H21N3O2. The van der Waals surface area contributed by atoms with Crippen LogP contribution in [0, 0.1) is 5.41 Å². The number of rotatable bonds is 3. The van der Waals surface area contributed by atoms with Gasteiger partial charge in [0.05, 0.1) is 10.9 Å². The standard InChI is InChI=1S/C18H21N3O2/c1-2-18(17(19)23)8-4-10-21(12-18)16(22)14-6-7-15-13(11-14)5-3-9-20-15/h3,5-7,9,11H,2,4,8,10,12H2,1H3,(H2,19,23). The summed E-state index contributed by atoms with van der Waals surface area (Å²) in [5.41, 5.74) is 6.50. The van der Waals surface area contributed by atoms with Crippen LogP contribution in [0.4, 0.5) is 0 Å². The maximum atomic E-state index is 12.8. The van der Waals surface area contributed by atoms with Crippen LogP contribution in [0.2, 0.25) is 0 Å². The maximum absolute atomic E-state index is 12.8. The zero-order chi connectivity index (χ0) is 16.4. The number of primary amides is 1. The van der Waals surface area contributed by atoms with E-state index in [0.717, 1.165) is 23.7 Å². The third-order valence-electron chi connectivity index (χ3n) is 4.91. The van der Waals surface area contributed by atoms with E-state index in [4.69, 9.17) is 5.73 Å². The Balaban J connectivity index is 1.87. The average Bonchev–Trinajstić information content (AvgIpc) is 2.60. The van der Waals surface area contributed by atoms with Gasteiger partial charge in [-0.15, -0.1) is 0 Å². The van der Waals surface area contributed by atoms with E-state index in [9.17, 15) is 9.59 Å². The Kier molecular flexibility index (Phi) is 4.03. The van der Waals surface area contributed by atoms with E-state index in [-0.39, 0.29) is 11.8 Å². The van der Waals surface area contributed by atoms with Gasteiger partial charge in [0.15, 0.2) is 0 Å². The van der Waals surface area contributed by atoms with Crippen molar-refractivity contribution in [3.63, 3.8) is 0 Å². The molecule has 120 valence electrons. The molecule has 5 heteroatoms. The summed E-state index contributed by atoms with van der Waals surface area (Å²) in [7, 11) is 0. The molecule has 2 amide bonds. The Morgan fingerprint density at radius 1 is 1.35 bits per heavy atom. The molecule has 1 saturated heterocycles. The van der Waals surface area contributed by atoms with Gasteiger partial charge in [0.25, 0.3) is 5.91 Å². The highest BCUT2D eigenvalue weighted by Crippen LogP contribution is 2.33. The number of fused-ring (bicyclic) bond motifs is 1. The number of aromatic nitrogens is 1. The van der Waals surface area contributed by atoms with Crippen molar-refractivity contribution in [2.45, 2.75) is 26.2 Å². The lowest BCUT2D eigenvalue weighted by atomic mass is 9.77. The Morgan fingerprint density at radius 3 is 2.91 bits per heavy atom. The Labute approximate surface area is 135 Å². The predicted octanol–water partition coefficient (Wildman–Crippen LogP) is 2.35. The van der Waals surface area contributed by atoms with Gasteiger partial charge in [-0.05, 0) is 43.5 Å². The van der Waals surface area contributed by atoms with Gasteiger partial charge in [-0.3, -0.25) is 14.6 Å². The SMILES string of the molecule is CCC1(C(N)=O)CCCN(C(=O)c2ccc3ncccc3c2)C1. The molecule has 0 saturated carbocycles. The minimum Gasteiger partial charge on any atom is -0.369 e. The van der Waals surface area contributed by atoms with Gasteiger partial charge in [-0.1, -0.05) is 13.0 Å². The van der Waals surface area contributed by atoms with Crippen molar-refractivity contribution < 1.29 is 9.59 Å². The second-order valence-electron chi connectivity index (χ2n) is 6.24. The van der Waals surface area contributed by atoms with Crippen molar-refractivity contribution >= 4 is 22.7 Å². The van der Waals surface area contributed by atoms with E-state index in [1.54, 1.807) is 17.2 Å². The van der Waals surface area contributed by atoms with Crippen molar-refractivity contribution in [2.75, 3.05) is 13.1 Å². The number of hydrogen-bond acceptors (Lipinski definition) is 3. The lowest BCUT2D eigenvalue weighted by Crippen LogP contribution is -2.51. The summed E-state index contributed by atoms with van der Waals surface area (Å²) in [4.78, 5) is 30.7. The molecule has 1 atom stereocenters. The molecular weight excluding hydrogens is 290 g/mol. The van der Waals surface area contributed by atoms with Crippen LogP contribution in [-0.2, 0) is 4.79 Å². The summed E-state index contributed by atoms with van der Waals surface area (Å²) in [5.74, 6) is -0.352. The molecule has 1 unspecified atom stereocenters. The fraction of sp³-hybridized carbons (Fsp3) is 0.389. The second kappa shape index (κ2) is 5.99. The van der Waals surface area contributed by atoms with Crippen LogP contribution in [0.5, 0.6) is 0 Å².